The number of nitrogens with two attached hydrogens (primary N) is 1. The fourth-order valence-corrected chi connectivity index (χ4v) is 2.67. The zero-order valence-corrected chi connectivity index (χ0v) is 12.1. The summed E-state index contributed by atoms with van der Waals surface area (Å²) in [5.41, 5.74) is 11.0. The molecule has 0 amide bonds. The number of benzene rings is 1. The highest BCUT2D eigenvalue weighted by Gasteiger charge is 2.15. The maximum Gasteiger partial charge on any atom is 0.0628 e. The first-order valence-corrected chi connectivity index (χ1v) is 6.95. The van der Waals surface area contributed by atoms with Crippen molar-refractivity contribution in [3.63, 3.8) is 0 Å². The Balaban J connectivity index is 2.24. The second-order valence-corrected chi connectivity index (χ2v) is 5.03. The van der Waals surface area contributed by atoms with Gasteiger partial charge in [-0.05, 0) is 31.4 Å². The summed E-state index contributed by atoms with van der Waals surface area (Å²) in [4.78, 5) is 0. The predicted molar refractivity (Wildman–Crippen MR) is 79.3 cm³/mol. The maximum atomic E-state index is 5.94. The van der Waals surface area contributed by atoms with E-state index in [0.717, 1.165) is 18.7 Å². The number of rotatable bonds is 5. The van der Waals surface area contributed by atoms with Crippen LogP contribution in [0.3, 0.4) is 0 Å². The summed E-state index contributed by atoms with van der Waals surface area (Å²) in [5.74, 6) is 0.323. The second-order valence-electron chi connectivity index (χ2n) is 5.03. The topological polar surface area (TPSA) is 43.8 Å². The highest BCUT2D eigenvalue weighted by molar-refractivity contribution is 5.25. The van der Waals surface area contributed by atoms with Gasteiger partial charge >= 0.3 is 0 Å². The lowest BCUT2D eigenvalue weighted by atomic mass is 9.99. The molecule has 0 saturated heterocycles. The summed E-state index contributed by atoms with van der Waals surface area (Å²) in [5, 5.41) is 4.66. The third-order valence-electron chi connectivity index (χ3n) is 3.83. The van der Waals surface area contributed by atoms with Gasteiger partial charge in [0.15, 0.2) is 0 Å². The SMILES string of the molecule is CCc1c(C)nn(CC(CN)c2ccccc2)c1C. The molecule has 0 bridgehead atoms. The fraction of sp³-hybridized carbons (Fsp3) is 0.438. The zero-order valence-electron chi connectivity index (χ0n) is 12.1. The van der Waals surface area contributed by atoms with Gasteiger partial charge in [-0.3, -0.25) is 4.68 Å². The molecule has 2 rings (SSSR count). The molecule has 102 valence electrons. The third kappa shape index (κ3) is 2.87. The molecule has 3 heteroatoms. The molecule has 1 atom stereocenters. The Kier molecular flexibility index (Phi) is 4.38. The number of aromatic nitrogens is 2. The molecule has 0 saturated carbocycles. The first-order valence-electron chi connectivity index (χ1n) is 6.95. The summed E-state index contributed by atoms with van der Waals surface area (Å²) in [6.45, 7) is 7.91. The van der Waals surface area contributed by atoms with Gasteiger partial charge in [-0.25, -0.2) is 0 Å². The lowest BCUT2D eigenvalue weighted by Crippen LogP contribution is -2.19. The van der Waals surface area contributed by atoms with Crippen molar-refractivity contribution in [1.29, 1.82) is 0 Å². The molecule has 0 aliphatic carbocycles. The normalized spacial score (nSPS) is 12.6. The van der Waals surface area contributed by atoms with Crippen LogP contribution in [0.2, 0.25) is 0 Å². The maximum absolute atomic E-state index is 5.94. The molecule has 0 fully saturated rings. The van der Waals surface area contributed by atoms with E-state index in [4.69, 9.17) is 5.73 Å². The lowest BCUT2D eigenvalue weighted by Gasteiger charge is -2.16. The molecular weight excluding hydrogens is 234 g/mol. The molecule has 0 radical (unpaired) electrons. The molecule has 2 N–H and O–H groups in total. The Hall–Kier alpha value is -1.61. The Morgan fingerprint density at radius 3 is 2.42 bits per heavy atom. The monoisotopic (exact) mass is 257 g/mol. The van der Waals surface area contributed by atoms with E-state index in [1.807, 2.05) is 6.07 Å². The van der Waals surface area contributed by atoms with Crippen LogP contribution in [-0.2, 0) is 13.0 Å². The van der Waals surface area contributed by atoms with Crippen LogP contribution in [0.1, 0.15) is 35.4 Å². The van der Waals surface area contributed by atoms with Crippen molar-refractivity contribution in [2.24, 2.45) is 5.73 Å². The summed E-state index contributed by atoms with van der Waals surface area (Å²) in [6, 6.07) is 10.5. The molecule has 2 aromatic rings. The molecule has 1 aromatic heterocycles. The van der Waals surface area contributed by atoms with Crippen molar-refractivity contribution in [2.75, 3.05) is 6.54 Å². The minimum atomic E-state index is 0.323. The molecule has 1 unspecified atom stereocenters. The number of nitrogens with zero attached hydrogens (tertiary/aromatic N) is 2. The molecule has 1 heterocycles. The van der Waals surface area contributed by atoms with Gasteiger partial charge in [0.05, 0.1) is 5.69 Å². The lowest BCUT2D eigenvalue weighted by molar-refractivity contribution is 0.508. The van der Waals surface area contributed by atoms with Crippen LogP contribution in [0.5, 0.6) is 0 Å². The predicted octanol–water partition coefficient (Wildman–Crippen LogP) is 2.80. The van der Waals surface area contributed by atoms with Gasteiger partial charge in [0.1, 0.15) is 0 Å². The van der Waals surface area contributed by atoms with E-state index in [0.29, 0.717) is 12.5 Å². The van der Waals surface area contributed by atoms with Gasteiger partial charge in [-0.15, -0.1) is 0 Å². The minimum Gasteiger partial charge on any atom is -0.330 e. The van der Waals surface area contributed by atoms with Crippen molar-refractivity contribution in [3.05, 3.63) is 52.8 Å². The summed E-state index contributed by atoms with van der Waals surface area (Å²) in [7, 11) is 0. The Bertz CT molecular complexity index is 528. The first kappa shape index (κ1) is 13.8. The van der Waals surface area contributed by atoms with Crippen LogP contribution in [0.25, 0.3) is 0 Å². The third-order valence-corrected chi connectivity index (χ3v) is 3.83. The van der Waals surface area contributed by atoms with Crippen LogP contribution in [0.4, 0.5) is 0 Å². The van der Waals surface area contributed by atoms with E-state index in [9.17, 15) is 0 Å². The minimum absolute atomic E-state index is 0.323. The van der Waals surface area contributed by atoms with E-state index < -0.39 is 0 Å². The average molecular weight is 257 g/mol. The van der Waals surface area contributed by atoms with Gasteiger partial charge in [0.25, 0.3) is 0 Å². The van der Waals surface area contributed by atoms with Gasteiger partial charge in [0, 0.05) is 24.7 Å². The van der Waals surface area contributed by atoms with Crippen LogP contribution >= 0.6 is 0 Å². The van der Waals surface area contributed by atoms with Crippen molar-refractivity contribution in [3.8, 4) is 0 Å². The van der Waals surface area contributed by atoms with Gasteiger partial charge in [0.2, 0.25) is 0 Å². The summed E-state index contributed by atoms with van der Waals surface area (Å²) in [6.07, 6.45) is 1.04. The molecule has 0 aliphatic rings. The van der Waals surface area contributed by atoms with Crippen LogP contribution in [0.15, 0.2) is 30.3 Å². The average Bonchev–Trinajstić information content (AvgIpc) is 2.71. The van der Waals surface area contributed by atoms with E-state index >= 15 is 0 Å². The Morgan fingerprint density at radius 2 is 1.89 bits per heavy atom. The van der Waals surface area contributed by atoms with Crippen molar-refractivity contribution < 1.29 is 0 Å². The van der Waals surface area contributed by atoms with Crippen molar-refractivity contribution >= 4 is 0 Å². The number of hydrogen-bond acceptors (Lipinski definition) is 2. The summed E-state index contributed by atoms with van der Waals surface area (Å²) >= 11 is 0. The first-order chi connectivity index (χ1) is 9.17. The van der Waals surface area contributed by atoms with Crippen LogP contribution in [0, 0.1) is 13.8 Å². The Labute approximate surface area is 115 Å². The largest absolute Gasteiger partial charge is 0.330 e. The Morgan fingerprint density at radius 1 is 1.21 bits per heavy atom. The molecular formula is C16H23N3. The van der Waals surface area contributed by atoms with Gasteiger partial charge in [-0.2, -0.15) is 5.10 Å². The molecule has 0 spiro atoms. The van der Waals surface area contributed by atoms with Crippen molar-refractivity contribution in [2.45, 2.75) is 39.7 Å². The van der Waals surface area contributed by atoms with E-state index in [2.05, 4.69) is 54.8 Å². The van der Waals surface area contributed by atoms with Crippen LogP contribution < -0.4 is 5.73 Å². The quantitative estimate of drug-likeness (QED) is 0.895. The molecule has 1 aromatic carbocycles. The summed E-state index contributed by atoms with van der Waals surface area (Å²) < 4.78 is 2.11. The standard InChI is InChI=1S/C16H23N3/c1-4-16-12(2)18-19(13(16)3)11-15(10-17)14-8-6-5-7-9-14/h5-9,15H,4,10-11,17H2,1-3H3. The van der Waals surface area contributed by atoms with E-state index in [-0.39, 0.29) is 0 Å². The smallest absolute Gasteiger partial charge is 0.0628 e. The van der Waals surface area contributed by atoms with Gasteiger partial charge < -0.3 is 5.73 Å². The molecule has 0 aliphatic heterocycles. The van der Waals surface area contributed by atoms with Gasteiger partial charge in [-0.1, -0.05) is 37.3 Å². The highest BCUT2D eigenvalue weighted by atomic mass is 15.3. The van der Waals surface area contributed by atoms with E-state index in [1.54, 1.807) is 0 Å². The number of hydrogen-bond donors (Lipinski definition) is 1. The van der Waals surface area contributed by atoms with Crippen LogP contribution in [-0.4, -0.2) is 16.3 Å². The van der Waals surface area contributed by atoms with E-state index in [1.165, 1.54) is 16.8 Å². The molecule has 3 nitrogen and oxygen atoms in total. The highest BCUT2D eigenvalue weighted by Crippen LogP contribution is 2.20. The van der Waals surface area contributed by atoms with Crippen molar-refractivity contribution in [1.82, 2.24) is 9.78 Å². The molecule has 19 heavy (non-hydrogen) atoms. The fourth-order valence-electron chi connectivity index (χ4n) is 2.67. The zero-order chi connectivity index (χ0) is 13.8. The second kappa shape index (κ2) is 6.02. The number of aryl methyl sites for hydroxylation is 1.